The van der Waals surface area contributed by atoms with E-state index in [9.17, 15) is 4.79 Å². The molecule has 1 aliphatic heterocycles. The second kappa shape index (κ2) is 7.23. The molecule has 1 saturated heterocycles. The summed E-state index contributed by atoms with van der Waals surface area (Å²) >= 11 is 3.50. The van der Waals surface area contributed by atoms with Gasteiger partial charge in [-0.15, -0.1) is 0 Å². The molecular weight excluding hydrogens is 316 g/mol. The van der Waals surface area contributed by atoms with Gasteiger partial charge in [-0.25, -0.2) is 0 Å². The highest BCUT2D eigenvalue weighted by molar-refractivity contribution is 9.10. The Hall–Kier alpha value is -0.870. The Kier molecular flexibility index (Phi) is 5.61. The highest BCUT2D eigenvalue weighted by atomic mass is 79.9. The van der Waals surface area contributed by atoms with Gasteiger partial charge < -0.3 is 10.2 Å². The Balaban J connectivity index is 1.80. The van der Waals surface area contributed by atoms with Crippen molar-refractivity contribution in [3.05, 3.63) is 33.8 Å². The molecule has 0 spiro atoms. The summed E-state index contributed by atoms with van der Waals surface area (Å²) in [6, 6.07) is 6.76. The number of aryl methyl sites for hydroxylation is 2. The predicted octanol–water partition coefficient (Wildman–Crippen LogP) is 2.90. The van der Waals surface area contributed by atoms with Gasteiger partial charge in [0.25, 0.3) is 0 Å². The maximum Gasteiger partial charge on any atom is 0.222 e. The van der Waals surface area contributed by atoms with E-state index in [4.69, 9.17) is 0 Å². The minimum atomic E-state index is 0.297. The zero-order chi connectivity index (χ0) is 14.5. The van der Waals surface area contributed by atoms with Crippen molar-refractivity contribution in [3.63, 3.8) is 0 Å². The van der Waals surface area contributed by atoms with Crippen LogP contribution in [0.1, 0.15) is 30.9 Å². The molecular formula is C16H23BrN2O. The molecule has 1 aliphatic rings. The van der Waals surface area contributed by atoms with E-state index in [2.05, 4.69) is 53.3 Å². The lowest BCUT2D eigenvalue weighted by molar-refractivity contribution is -0.132. The third kappa shape index (κ3) is 4.32. The standard InChI is InChI=1S/C16H23BrN2O/c1-12-6-7-15(17)10-14(12)4-3-5-16(20)19-9-8-18-13(2)11-19/h6-7,10,13,18H,3-5,8-9,11H2,1-2H3. The minimum absolute atomic E-state index is 0.297. The van der Waals surface area contributed by atoms with Crippen molar-refractivity contribution >= 4 is 21.8 Å². The number of hydrogen-bond donors (Lipinski definition) is 1. The van der Waals surface area contributed by atoms with Gasteiger partial charge in [0.1, 0.15) is 0 Å². The molecule has 20 heavy (non-hydrogen) atoms. The van der Waals surface area contributed by atoms with Crippen molar-refractivity contribution in [3.8, 4) is 0 Å². The highest BCUT2D eigenvalue weighted by Crippen LogP contribution is 2.18. The average Bonchev–Trinajstić information content (AvgIpc) is 2.42. The lowest BCUT2D eigenvalue weighted by Crippen LogP contribution is -2.51. The monoisotopic (exact) mass is 338 g/mol. The van der Waals surface area contributed by atoms with E-state index in [0.717, 1.165) is 36.9 Å². The number of benzene rings is 1. The quantitative estimate of drug-likeness (QED) is 0.915. The molecule has 1 heterocycles. The van der Waals surface area contributed by atoms with Gasteiger partial charge in [0, 0.05) is 36.6 Å². The lowest BCUT2D eigenvalue weighted by Gasteiger charge is -2.32. The fourth-order valence-corrected chi connectivity index (χ4v) is 3.06. The van der Waals surface area contributed by atoms with Crippen molar-refractivity contribution in [2.45, 2.75) is 39.2 Å². The average molecular weight is 339 g/mol. The Bertz CT molecular complexity index is 476. The smallest absolute Gasteiger partial charge is 0.222 e. The van der Waals surface area contributed by atoms with Crippen LogP contribution in [0.5, 0.6) is 0 Å². The fraction of sp³-hybridized carbons (Fsp3) is 0.562. The molecule has 1 N–H and O–H groups in total. The molecule has 2 rings (SSSR count). The Morgan fingerprint density at radius 1 is 1.50 bits per heavy atom. The topological polar surface area (TPSA) is 32.3 Å². The summed E-state index contributed by atoms with van der Waals surface area (Å²) in [6.07, 6.45) is 2.55. The summed E-state index contributed by atoms with van der Waals surface area (Å²) in [4.78, 5) is 14.2. The van der Waals surface area contributed by atoms with E-state index in [0.29, 0.717) is 18.4 Å². The first-order valence-corrected chi connectivity index (χ1v) is 8.12. The van der Waals surface area contributed by atoms with Gasteiger partial charge in [0.15, 0.2) is 0 Å². The number of carbonyl (C=O) groups excluding carboxylic acids is 1. The molecule has 0 aromatic heterocycles. The highest BCUT2D eigenvalue weighted by Gasteiger charge is 2.19. The largest absolute Gasteiger partial charge is 0.340 e. The van der Waals surface area contributed by atoms with Crippen LogP contribution in [0.2, 0.25) is 0 Å². The number of rotatable bonds is 4. The van der Waals surface area contributed by atoms with Crippen LogP contribution in [-0.2, 0) is 11.2 Å². The first-order chi connectivity index (χ1) is 9.56. The molecule has 0 aliphatic carbocycles. The third-order valence-electron chi connectivity index (χ3n) is 3.87. The molecule has 1 unspecified atom stereocenters. The maximum atomic E-state index is 12.2. The minimum Gasteiger partial charge on any atom is -0.340 e. The van der Waals surface area contributed by atoms with Crippen LogP contribution in [0.25, 0.3) is 0 Å². The molecule has 1 amide bonds. The van der Waals surface area contributed by atoms with E-state index in [1.807, 2.05) is 4.90 Å². The molecule has 3 nitrogen and oxygen atoms in total. The van der Waals surface area contributed by atoms with Crippen LogP contribution >= 0.6 is 15.9 Å². The van der Waals surface area contributed by atoms with Crippen LogP contribution in [0.15, 0.2) is 22.7 Å². The number of nitrogens with zero attached hydrogens (tertiary/aromatic N) is 1. The van der Waals surface area contributed by atoms with Crippen LogP contribution in [0.3, 0.4) is 0 Å². The zero-order valence-corrected chi connectivity index (χ0v) is 13.9. The molecule has 1 aromatic rings. The van der Waals surface area contributed by atoms with Gasteiger partial charge in [0.05, 0.1) is 0 Å². The Labute approximate surface area is 129 Å². The second-order valence-corrected chi connectivity index (χ2v) is 6.53. The van der Waals surface area contributed by atoms with E-state index in [-0.39, 0.29) is 0 Å². The molecule has 1 atom stereocenters. The van der Waals surface area contributed by atoms with E-state index in [1.165, 1.54) is 11.1 Å². The van der Waals surface area contributed by atoms with E-state index >= 15 is 0 Å². The van der Waals surface area contributed by atoms with Crippen molar-refractivity contribution in [1.82, 2.24) is 10.2 Å². The first kappa shape index (κ1) is 15.5. The van der Waals surface area contributed by atoms with Crippen LogP contribution < -0.4 is 5.32 Å². The molecule has 1 aromatic carbocycles. The van der Waals surface area contributed by atoms with E-state index in [1.54, 1.807) is 0 Å². The zero-order valence-electron chi connectivity index (χ0n) is 12.3. The number of hydrogen-bond acceptors (Lipinski definition) is 2. The molecule has 110 valence electrons. The summed E-state index contributed by atoms with van der Waals surface area (Å²) in [5.74, 6) is 0.297. The fourth-order valence-electron chi connectivity index (χ4n) is 2.66. The van der Waals surface area contributed by atoms with Gasteiger partial charge in [-0.2, -0.15) is 0 Å². The van der Waals surface area contributed by atoms with Gasteiger partial charge >= 0.3 is 0 Å². The van der Waals surface area contributed by atoms with Crippen molar-refractivity contribution in [2.75, 3.05) is 19.6 Å². The van der Waals surface area contributed by atoms with E-state index < -0.39 is 0 Å². The number of piperazine rings is 1. The third-order valence-corrected chi connectivity index (χ3v) is 4.36. The van der Waals surface area contributed by atoms with Crippen LogP contribution in [0, 0.1) is 6.92 Å². The predicted molar refractivity (Wildman–Crippen MR) is 85.9 cm³/mol. The number of amides is 1. The van der Waals surface area contributed by atoms with Gasteiger partial charge in [-0.3, -0.25) is 4.79 Å². The SMILES string of the molecule is Cc1ccc(Br)cc1CCCC(=O)N1CCNC(C)C1. The van der Waals surface area contributed by atoms with Gasteiger partial charge in [0.2, 0.25) is 5.91 Å². The number of carbonyl (C=O) groups is 1. The summed E-state index contributed by atoms with van der Waals surface area (Å²) in [7, 11) is 0. The van der Waals surface area contributed by atoms with Gasteiger partial charge in [-0.1, -0.05) is 22.0 Å². The normalized spacial score (nSPS) is 19.1. The molecule has 0 bridgehead atoms. The first-order valence-electron chi connectivity index (χ1n) is 7.32. The van der Waals surface area contributed by atoms with Gasteiger partial charge in [-0.05, 0) is 49.9 Å². The maximum absolute atomic E-state index is 12.2. The lowest BCUT2D eigenvalue weighted by atomic mass is 10.0. The number of halogens is 1. The Morgan fingerprint density at radius 2 is 2.30 bits per heavy atom. The van der Waals surface area contributed by atoms with Crippen molar-refractivity contribution in [1.29, 1.82) is 0 Å². The molecule has 4 heteroatoms. The van der Waals surface area contributed by atoms with Crippen molar-refractivity contribution in [2.24, 2.45) is 0 Å². The summed E-state index contributed by atoms with van der Waals surface area (Å²) in [6.45, 7) is 6.86. The summed E-state index contributed by atoms with van der Waals surface area (Å²) < 4.78 is 1.11. The summed E-state index contributed by atoms with van der Waals surface area (Å²) in [5.41, 5.74) is 2.64. The Morgan fingerprint density at radius 3 is 3.05 bits per heavy atom. The molecule has 1 fully saturated rings. The van der Waals surface area contributed by atoms with Crippen molar-refractivity contribution < 1.29 is 4.79 Å². The van der Waals surface area contributed by atoms with Crippen LogP contribution in [-0.4, -0.2) is 36.5 Å². The number of nitrogens with one attached hydrogen (secondary N) is 1. The second-order valence-electron chi connectivity index (χ2n) is 5.62. The summed E-state index contributed by atoms with van der Waals surface area (Å²) in [5, 5.41) is 3.36. The van der Waals surface area contributed by atoms with Crippen LogP contribution in [0.4, 0.5) is 0 Å². The molecule has 0 saturated carbocycles. The molecule has 0 radical (unpaired) electrons.